The molecule has 1 fully saturated rings. The van der Waals surface area contributed by atoms with Crippen LogP contribution in [0.1, 0.15) is 71.8 Å². The van der Waals surface area contributed by atoms with Gasteiger partial charge in [-0.15, -0.1) is 0 Å². The maximum absolute atomic E-state index is 13.0. The van der Waals surface area contributed by atoms with E-state index in [1.165, 1.54) is 37.7 Å². The van der Waals surface area contributed by atoms with Gasteiger partial charge in [0.25, 0.3) is 0 Å². The molecular formula is C22H37FNO+. The number of benzene rings is 1. The van der Waals surface area contributed by atoms with Crippen LogP contribution in [0.25, 0.3) is 0 Å². The Labute approximate surface area is 153 Å². The van der Waals surface area contributed by atoms with Crippen LogP contribution >= 0.6 is 0 Å². The van der Waals surface area contributed by atoms with E-state index in [9.17, 15) is 4.39 Å². The number of quaternary nitrogens is 1. The van der Waals surface area contributed by atoms with Crippen molar-refractivity contribution in [2.45, 2.75) is 78.4 Å². The van der Waals surface area contributed by atoms with Crippen molar-refractivity contribution in [3.05, 3.63) is 35.6 Å². The second kappa shape index (κ2) is 9.14. The van der Waals surface area contributed by atoms with Gasteiger partial charge in [0.05, 0.1) is 12.1 Å². The first-order chi connectivity index (χ1) is 11.9. The number of hydrogen-bond acceptors (Lipinski definition) is 1. The van der Waals surface area contributed by atoms with E-state index in [0.29, 0.717) is 5.41 Å². The highest BCUT2D eigenvalue weighted by Gasteiger charge is 2.42. The molecule has 142 valence electrons. The smallest absolute Gasteiger partial charge is 0.123 e. The zero-order valence-electron chi connectivity index (χ0n) is 16.6. The predicted octanol–water partition coefficient (Wildman–Crippen LogP) is 4.68. The largest absolute Gasteiger partial charge is 0.375 e. The van der Waals surface area contributed by atoms with E-state index < -0.39 is 0 Å². The Morgan fingerprint density at radius 1 is 1.20 bits per heavy atom. The minimum Gasteiger partial charge on any atom is -0.375 e. The summed E-state index contributed by atoms with van der Waals surface area (Å²) in [7, 11) is 0. The first-order valence-electron chi connectivity index (χ1n) is 10.1. The van der Waals surface area contributed by atoms with Crippen molar-refractivity contribution < 1.29 is 14.4 Å². The molecule has 2 atom stereocenters. The zero-order valence-corrected chi connectivity index (χ0v) is 16.6. The molecule has 2 N–H and O–H groups in total. The molecule has 1 aliphatic rings. The lowest BCUT2D eigenvalue weighted by molar-refractivity contribution is -0.672. The van der Waals surface area contributed by atoms with Gasteiger partial charge in [-0.2, -0.15) is 0 Å². The van der Waals surface area contributed by atoms with Crippen LogP contribution < -0.4 is 5.32 Å². The van der Waals surface area contributed by atoms with Crippen molar-refractivity contribution in [3.8, 4) is 0 Å². The standard InChI is InChI=1S/C22H36FNO/c1-5-21(4)17-22(13-15-25-21,11-10-18(2)3)12-14-24-16-19-6-8-20(23)9-7-19/h6-9,18,24H,5,10-17H2,1-4H3/p+1/t21-,22-/m1/s1. The van der Waals surface area contributed by atoms with Crippen LogP contribution in [0, 0.1) is 17.2 Å². The molecule has 1 saturated heterocycles. The van der Waals surface area contributed by atoms with E-state index in [1.54, 1.807) is 12.1 Å². The van der Waals surface area contributed by atoms with Gasteiger partial charge in [-0.25, -0.2) is 4.39 Å². The maximum atomic E-state index is 13.0. The molecule has 1 aromatic carbocycles. The van der Waals surface area contributed by atoms with Gasteiger partial charge < -0.3 is 10.1 Å². The Morgan fingerprint density at radius 2 is 1.92 bits per heavy atom. The SMILES string of the molecule is CC[C@]1(C)C[C@@](CC[NH2+]Cc2ccc(F)cc2)(CCC(C)C)CCO1. The first-order valence-corrected chi connectivity index (χ1v) is 10.1. The van der Waals surface area contributed by atoms with Crippen molar-refractivity contribution >= 4 is 0 Å². The van der Waals surface area contributed by atoms with E-state index in [0.717, 1.165) is 32.0 Å². The Kier molecular flexibility index (Phi) is 7.45. The second-order valence-corrected chi connectivity index (χ2v) is 8.67. The van der Waals surface area contributed by atoms with E-state index >= 15 is 0 Å². The molecule has 2 rings (SSSR count). The normalized spacial score (nSPS) is 27.0. The van der Waals surface area contributed by atoms with E-state index in [1.807, 2.05) is 12.1 Å². The summed E-state index contributed by atoms with van der Waals surface area (Å²) in [6.07, 6.45) is 7.34. The van der Waals surface area contributed by atoms with Gasteiger partial charge >= 0.3 is 0 Å². The minimum absolute atomic E-state index is 0.0478. The van der Waals surface area contributed by atoms with Crippen LogP contribution in [0.15, 0.2) is 24.3 Å². The third-order valence-corrected chi connectivity index (χ3v) is 6.00. The minimum atomic E-state index is -0.155. The van der Waals surface area contributed by atoms with Crippen molar-refractivity contribution in [3.63, 3.8) is 0 Å². The summed E-state index contributed by atoms with van der Waals surface area (Å²) in [5, 5.41) is 2.38. The summed E-state index contributed by atoms with van der Waals surface area (Å²) in [5.74, 6) is 0.605. The number of halogens is 1. The Balaban J connectivity index is 1.90. The van der Waals surface area contributed by atoms with Crippen LogP contribution in [0.3, 0.4) is 0 Å². The number of ether oxygens (including phenoxy) is 1. The molecular weight excluding hydrogens is 313 g/mol. The zero-order chi connectivity index (χ0) is 18.3. The number of nitrogens with two attached hydrogens (primary N) is 1. The fourth-order valence-electron chi connectivity index (χ4n) is 4.12. The summed E-state index contributed by atoms with van der Waals surface area (Å²) >= 11 is 0. The highest BCUT2D eigenvalue weighted by molar-refractivity contribution is 5.14. The van der Waals surface area contributed by atoms with E-state index in [-0.39, 0.29) is 11.4 Å². The molecule has 1 aromatic rings. The number of hydrogen-bond donors (Lipinski definition) is 1. The molecule has 1 heterocycles. The average molecular weight is 351 g/mol. The average Bonchev–Trinajstić information content (AvgIpc) is 2.59. The first kappa shape index (κ1) is 20.4. The summed E-state index contributed by atoms with van der Waals surface area (Å²) in [4.78, 5) is 0. The Hall–Kier alpha value is -0.930. The van der Waals surface area contributed by atoms with Crippen LogP contribution in [0.2, 0.25) is 0 Å². The van der Waals surface area contributed by atoms with Crippen molar-refractivity contribution in [1.82, 2.24) is 0 Å². The Bertz CT molecular complexity index is 515. The molecule has 0 spiro atoms. The summed E-state index contributed by atoms with van der Waals surface area (Å²) < 4.78 is 19.1. The third-order valence-electron chi connectivity index (χ3n) is 6.00. The quantitative estimate of drug-likeness (QED) is 0.643. The fraction of sp³-hybridized carbons (Fsp3) is 0.727. The fourth-order valence-corrected chi connectivity index (χ4v) is 4.12. The van der Waals surface area contributed by atoms with Crippen LogP contribution in [0.5, 0.6) is 0 Å². The highest BCUT2D eigenvalue weighted by atomic mass is 19.1. The molecule has 0 saturated carbocycles. The van der Waals surface area contributed by atoms with Gasteiger partial charge in [-0.05, 0) is 56.1 Å². The van der Waals surface area contributed by atoms with Gasteiger partial charge in [0, 0.05) is 18.6 Å². The third kappa shape index (κ3) is 6.38. The second-order valence-electron chi connectivity index (χ2n) is 8.67. The molecule has 0 unspecified atom stereocenters. The van der Waals surface area contributed by atoms with Gasteiger partial charge in [-0.1, -0.05) is 39.3 Å². The summed E-state index contributed by atoms with van der Waals surface area (Å²) in [6.45, 7) is 12.2. The van der Waals surface area contributed by atoms with Crippen molar-refractivity contribution in [2.24, 2.45) is 11.3 Å². The molecule has 25 heavy (non-hydrogen) atoms. The topological polar surface area (TPSA) is 25.8 Å². The van der Waals surface area contributed by atoms with E-state index in [2.05, 4.69) is 33.0 Å². The van der Waals surface area contributed by atoms with Crippen molar-refractivity contribution in [1.29, 1.82) is 0 Å². The Morgan fingerprint density at radius 3 is 2.56 bits per heavy atom. The summed E-state index contributed by atoms with van der Waals surface area (Å²) in [6, 6.07) is 6.89. The van der Waals surface area contributed by atoms with Crippen LogP contribution in [-0.2, 0) is 11.3 Å². The van der Waals surface area contributed by atoms with Crippen molar-refractivity contribution in [2.75, 3.05) is 13.2 Å². The lowest BCUT2D eigenvalue weighted by atomic mass is 9.67. The number of rotatable bonds is 9. The molecule has 1 aliphatic heterocycles. The van der Waals surface area contributed by atoms with Crippen LogP contribution in [0.4, 0.5) is 4.39 Å². The van der Waals surface area contributed by atoms with Crippen LogP contribution in [-0.4, -0.2) is 18.8 Å². The monoisotopic (exact) mass is 350 g/mol. The molecule has 0 aliphatic carbocycles. The predicted molar refractivity (Wildman–Crippen MR) is 102 cm³/mol. The maximum Gasteiger partial charge on any atom is 0.123 e. The molecule has 2 nitrogen and oxygen atoms in total. The van der Waals surface area contributed by atoms with Gasteiger partial charge in [0.15, 0.2) is 0 Å². The summed E-state index contributed by atoms with van der Waals surface area (Å²) in [5.41, 5.74) is 1.67. The lowest BCUT2D eigenvalue weighted by Crippen LogP contribution is -2.83. The van der Waals surface area contributed by atoms with Gasteiger partial charge in [-0.3, -0.25) is 0 Å². The highest BCUT2D eigenvalue weighted by Crippen LogP contribution is 2.46. The molecule has 0 bridgehead atoms. The lowest BCUT2D eigenvalue weighted by Gasteiger charge is -2.46. The molecule has 0 aromatic heterocycles. The molecule has 0 amide bonds. The molecule has 0 radical (unpaired) electrons. The molecule has 3 heteroatoms. The van der Waals surface area contributed by atoms with Gasteiger partial charge in [0.2, 0.25) is 0 Å². The van der Waals surface area contributed by atoms with Gasteiger partial charge in [0.1, 0.15) is 12.4 Å². The van der Waals surface area contributed by atoms with E-state index in [4.69, 9.17) is 4.74 Å².